The second kappa shape index (κ2) is 9.47. The van der Waals surface area contributed by atoms with Gasteiger partial charge in [0.05, 0.1) is 0 Å². The molecule has 0 radical (unpaired) electrons. The number of methoxy groups -OCH3 is 1. The summed E-state index contributed by atoms with van der Waals surface area (Å²) in [6, 6.07) is 16.3. The number of benzene rings is 2. The third-order valence-corrected chi connectivity index (χ3v) is 8.74. The Morgan fingerprint density at radius 3 is 2.67 bits per heavy atom. The Hall–Kier alpha value is -1.93. The van der Waals surface area contributed by atoms with Crippen LogP contribution < -0.4 is 21.5 Å². The number of para-hydroxylation sites is 1. The van der Waals surface area contributed by atoms with Crippen LogP contribution in [0.25, 0.3) is 10.9 Å². The maximum atomic E-state index is 13.0. The molecule has 1 aliphatic heterocycles. The van der Waals surface area contributed by atoms with Crippen molar-refractivity contribution in [1.29, 1.82) is 0 Å². The van der Waals surface area contributed by atoms with Crippen LogP contribution in [0.4, 0.5) is 4.39 Å². The van der Waals surface area contributed by atoms with Gasteiger partial charge in [0.1, 0.15) is 0 Å². The minimum absolute atomic E-state index is 0.165. The fourth-order valence-corrected chi connectivity index (χ4v) is 7.18. The van der Waals surface area contributed by atoms with E-state index in [1.54, 1.807) is 0 Å². The molecule has 30 heavy (non-hydrogen) atoms. The van der Waals surface area contributed by atoms with Gasteiger partial charge in [-0.3, -0.25) is 0 Å². The Morgan fingerprint density at radius 2 is 1.97 bits per heavy atom. The molecule has 2 heterocycles. The third kappa shape index (κ3) is 4.39. The fourth-order valence-electron chi connectivity index (χ4n) is 4.11. The van der Waals surface area contributed by atoms with Gasteiger partial charge in [-0.1, -0.05) is 0 Å². The second-order valence-corrected chi connectivity index (χ2v) is 10.5. The van der Waals surface area contributed by atoms with Crippen molar-refractivity contribution in [1.82, 2.24) is 7.68 Å². The Balaban J connectivity index is 1.56. The number of ether oxygens (including phenoxy) is 1. The second-order valence-electron chi connectivity index (χ2n) is 7.79. The molecule has 1 aliphatic rings. The van der Waals surface area contributed by atoms with E-state index < -0.39 is 0 Å². The summed E-state index contributed by atoms with van der Waals surface area (Å²) in [5, 5.41) is 1.29. The Kier molecular flexibility index (Phi) is 6.73. The number of hydrogen-bond acceptors (Lipinski definition) is 3. The van der Waals surface area contributed by atoms with Gasteiger partial charge < -0.3 is 0 Å². The quantitative estimate of drug-likeness (QED) is 0.205. The van der Waals surface area contributed by atoms with E-state index in [9.17, 15) is 9.18 Å². The summed E-state index contributed by atoms with van der Waals surface area (Å²) in [5.41, 5.74) is 5.66. The van der Waals surface area contributed by atoms with E-state index in [4.69, 9.17) is 4.74 Å². The molecule has 1 saturated heterocycles. The molecular weight excluding hydrogens is 494 g/mol. The maximum absolute atomic E-state index is 13.0. The van der Waals surface area contributed by atoms with E-state index >= 15 is 0 Å². The average molecular weight is 521 g/mol. The number of rotatable bonds is 7. The molecular formula is C24H27FIN2O2-. The van der Waals surface area contributed by atoms with Crippen LogP contribution >= 0.6 is 0 Å². The van der Waals surface area contributed by atoms with Crippen molar-refractivity contribution in [3.63, 3.8) is 0 Å². The van der Waals surface area contributed by atoms with E-state index in [1.807, 2.05) is 24.3 Å². The molecule has 0 aliphatic carbocycles. The minimum atomic E-state index is -0.310. The van der Waals surface area contributed by atoms with Crippen LogP contribution in [0.2, 0.25) is 0 Å². The van der Waals surface area contributed by atoms with Crippen molar-refractivity contribution in [2.45, 2.75) is 24.3 Å². The topological polar surface area (TPSA) is 34.5 Å². The van der Waals surface area contributed by atoms with Crippen molar-refractivity contribution in [3.05, 3.63) is 70.9 Å². The normalized spacial score (nSPS) is 17.1. The van der Waals surface area contributed by atoms with Crippen LogP contribution in [0.3, 0.4) is 0 Å². The number of aromatic nitrogens is 1. The summed E-state index contributed by atoms with van der Waals surface area (Å²) in [4.78, 5) is 11.7. The van der Waals surface area contributed by atoms with Crippen LogP contribution in [0, 0.1) is 12.8 Å². The SMILES string of the molecule is COC(=O)c1ccc(Cc2c(C)n(C[I-]N3CCC(CF)C3)c3ccccc23)cc1. The van der Waals surface area contributed by atoms with E-state index in [2.05, 4.69) is 38.9 Å². The third-order valence-electron chi connectivity index (χ3n) is 5.91. The van der Waals surface area contributed by atoms with Crippen molar-refractivity contribution >= 4 is 16.9 Å². The zero-order valence-electron chi connectivity index (χ0n) is 17.4. The van der Waals surface area contributed by atoms with Gasteiger partial charge in [-0.05, 0) is 0 Å². The van der Waals surface area contributed by atoms with Crippen LogP contribution in [-0.2, 0) is 15.7 Å². The first-order valence-corrected chi connectivity index (χ1v) is 12.7. The first-order chi connectivity index (χ1) is 14.6. The summed E-state index contributed by atoms with van der Waals surface area (Å²) in [6.45, 7) is 3.97. The first kappa shape index (κ1) is 21.3. The summed E-state index contributed by atoms with van der Waals surface area (Å²) >= 11 is -0.165. The molecule has 1 aromatic heterocycles. The van der Waals surface area contributed by atoms with Gasteiger partial charge in [-0.2, -0.15) is 0 Å². The number of esters is 1. The Morgan fingerprint density at radius 1 is 1.20 bits per heavy atom. The summed E-state index contributed by atoms with van der Waals surface area (Å²) in [6.07, 6.45) is 1.82. The number of carbonyl (C=O) groups is 1. The first-order valence-electron chi connectivity index (χ1n) is 10.2. The molecule has 1 atom stereocenters. The molecule has 160 valence electrons. The number of hydrogen-bond donors (Lipinski definition) is 0. The molecule has 4 nitrogen and oxygen atoms in total. The molecule has 0 N–H and O–H groups in total. The molecule has 3 aromatic rings. The predicted molar refractivity (Wildman–Crippen MR) is 113 cm³/mol. The molecule has 4 rings (SSSR count). The van der Waals surface area contributed by atoms with Crippen LogP contribution in [-0.4, -0.2) is 40.5 Å². The number of carbonyl (C=O) groups excluding carboxylic acids is 1. The molecule has 0 amide bonds. The number of alkyl halides is 2. The van der Waals surface area contributed by atoms with Crippen molar-refractivity contribution in [2.24, 2.45) is 5.92 Å². The molecule has 0 spiro atoms. The summed E-state index contributed by atoms with van der Waals surface area (Å²) in [5.74, 6) is -0.0779. The standard InChI is InChI=1S/C24H27FIN2O2/c1-17-22(13-18-7-9-20(10-8-18)24(29)30-2)21-5-3-4-6-23(21)28(17)16-26-27-12-11-19(14-25)15-27/h3-10,19H,11-16H2,1-2H3/q-1. The molecule has 1 fully saturated rings. The van der Waals surface area contributed by atoms with Gasteiger partial charge in [-0.15, -0.1) is 0 Å². The van der Waals surface area contributed by atoms with Crippen LogP contribution in [0.1, 0.15) is 33.6 Å². The van der Waals surface area contributed by atoms with Crippen molar-refractivity contribution in [2.75, 3.05) is 26.9 Å². The molecule has 1 unspecified atom stereocenters. The Bertz CT molecular complexity index is 1030. The number of nitrogens with zero attached hydrogens (tertiary/aromatic N) is 2. The van der Waals surface area contributed by atoms with Crippen LogP contribution in [0.15, 0.2) is 48.5 Å². The predicted octanol–water partition coefficient (Wildman–Crippen LogP) is 1.58. The molecule has 0 saturated carbocycles. The molecule has 0 bridgehead atoms. The van der Waals surface area contributed by atoms with Gasteiger partial charge in [0.25, 0.3) is 0 Å². The molecule has 6 heteroatoms. The van der Waals surface area contributed by atoms with Crippen molar-refractivity contribution in [3.8, 4) is 0 Å². The van der Waals surface area contributed by atoms with Gasteiger partial charge >= 0.3 is 188 Å². The van der Waals surface area contributed by atoms with Crippen LogP contribution in [0.5, 0.6) is 0 Å². The van der Waals surface area contributed by atoms with E-state index in [-0.39, 0.29) is 40.0 Å². The number of halogens is 2. The Labute approximate surface area is 187 Å². The van der Waals surface area contributed by atoms with E-state index in [1.165, 1.54) is 34.8 Å². The summed E-state index contributed by atoms with van der Waals surface area (Å²) < 4.78 is 23.7. The zero-order valence-corrected chi connectivity index (χ0v) is 19.6. The monoisotopic (exact) mass is 521 g/mol. The number of fused-ring (bicyclic) bond motifs is 1. The summed E-state index contributed by atoms with van der Waals surface area (Å²) in [7, 11) is 1.40. The van der Waals surface area contributed by atoms with Crippen molar-refractivity contribution < 1.29 is 35.4 Å². The fraction of sp³-hybridized carbons (Fsp3) is 0.375. The van der Waals surface area contributed by atoms with E-state index in [0.29, 0.717) is 5.56 Å². The van der Waals surface area contributed by atoms with Gasteiger partial charge in [-0.25, -0.2) is 0 Å². The zero-order chi connectivity index (χ0) is 21.1. The van der Waals surface area contributed by atoms with Gasteiger partial charge in [0, 0.05) is 0 Å². The van der Waals surface area contributed by atoms with Gasteiger partial charge in [0.2, 0.25) is 0 Å². The molecule has 2 aromatic carbocycles. The van der Waals surface area contributed by atoms with Gasteiger partial charge in [0.15, 0.2) is 0 Å². The average Bonchev–Trinajstić information content (AvgIpc) is 3.35. The van der Waals surface area contributed by atoms with E-state index in [0.717, 1.165) is 30.5 Å².